The Kier molecular flexibility index (Phi) is 6.26. The fourth-order valence-corrected chi connectivity index (χ4v) is 1.57. The first kappa shape index (κ1) is 14.6. The number of rotatable bonds is 7. The van der Waals surface area contributed by atoms with E-state index in [1.807, 2.05) is 31.2 Å². The van der Waals surface area contributed by atoms with Crippen LogP contribution in [0, 0.1) is 12.8 Å². The summed E-state index contributed by atoms with van der Waals surface area (Å²) in [5, 5.41) is 3.05. The molecule has 0 aliphatic heterocycles. The molecular formula is C15H23NO2. The summed E-state index contributed by atoms with van der Waals surface area (Å²) in [6.45, 7) is 7.12. The van der Waals surface area contributed by atoms with E-state index in [0.29, 0.717) is 12.5 Å². The Morgan fingerprint density at radius 2 is 1.94 bits per heavy atom. The van der Waals surface area contributed by atoms with Crippen molar-refractivity contribution in [3.63, 3.8) is 0 Å². The van der Waals surface area contributed by atoms with Gasteiger partial charge in [-0.05, 0) is 37.8 Å². The molecule has 1 aromatic carbocycles. The minimum atomic E-state index is -0.195. The molecule has 0 atom stereocenters. The zero-order chi connectivity index (χ0) is 13.4. The number of benzene rings is 1. The molecule has 18 heavy (non-hydrogen) atoms. The van der Waals surface area contributed by atoms with Gasteiger partial charge in [0.25, 0.3) is 0 Å². The summed E-state index contributed by atoms with van der Waals surface area (Å²) in [5.74, 6) is 0.466. The summed E-state index contributed by atoms with van der Waals surface area (Å²) in [6.07, 6.45) is 2.03. The number of ether oxygens (including phenoxy) is 1. The van der Waals surface area contributed by atoms with Crippen LogP contribution in [0.1, 0.15) is 32.3 Å². The van der Waals surface area contributed by atoms with Crippen LogP contribution in [-0.4, -0.2) is 19.1 Å². The van der Waals surface area contributed by atoms with Gasteiger partial charge in [0, 0.05) is 5.69 Å². The second kappa shape index (κ2) is 7.75. The Bertz CT molecular complexity index is 357. The van der Waals surface area contributed by atoms with Gasteiger partial charge in [-0.15, -0.1) is 0 Å². The first-order valence-electron chi connectivity index (χ1n) is 6.54. The molecule has 0 aromatic heterocycles. The van der Waals surface area contributed by atoms with E-state index in [0.717, 1.165) is 18.5 Å². The Labute approximate surface area is 110 Å². The van der Waals surface area contributed by atoms with Gasteiger partial charge in [-0.25, -0.2) is 0 Å². The standard InChI is InChI=1S/C15H23NO2/c1-12(2)5-4-10-18-15(17)11-16-14-8-6-13(3)7-9-14/h6-9,12,16H,4-5,10-11H2,1-3H3. The van der Waals surface area contributed by atoms with Gasteiger partial charge in [0.1, 0.15) is 6.54 Å². The van der Waals surface area contributed by atoms with Crippen LogP contribution in [0.25, 0.3) is 0 Å². The van der Waals surface area contributed by atoms with Gasteiger partial charge >= 0.3 is 5.97 Å². The normalized spacial score (nSPS) is 10.4. The highest BCUT2D eigenvalue weighted by molar-refractivity contribution is 5.74. The van der Waals surface area contributed by atoms with Crippen molar-refractivity contribution in [2.75, 3.05) is 18.5 Å². The predicted octanol–water partition coefficient (Wildman–Crippen LogP) is 3.39. The van der Waals surface area contributed by atoms with E-state index in [2.05, 4.69) is 19.2 Å². The van der Waals surface area contributed by atoms with Crippen molar-refractivity contribution in [1.82, 2.24) is 0 Å². The van der Waals surface area contributed by atoms with Crippen molar-refractivity contribution in [3.8, 4) is 0 Å². The lowest BCUT2D eigenvalue weighted by molar-refractivity contribution is -0.141. The van der Waals surface area contributed by atoms with Gasteiger partial charge in [0.05, 0.1) is 6.61 Å². The monoisotopic (exact) mass is 249 g/mol. The third kappa shape index (κ3) is 6.28. The smallest absolute Gasteiger partial charge is 0.325 e. The van der Waals surface area contributed by atoms with Crippen LogP contribution in [0.15, 0.2) is 24.3 Å². The number of hydrogen-bond donors (Lipinski definition) is 1. The van der Waals surface area contributed by atoms with Crippen molar-refractivity contribution in [1.29, 1.82) is 0 Å². The van der Waals surface area contributed by atoms with Gasteiger partial charge < -0.3 is 10.1 Å². The molecule has 3 heteroatoms. The molecule has 0 bridgehead atoms. The van der Waals surface area contributed by atoms with Crippen LogP contribution in [0.3, 0.4) is 0 Å². The molecule has 0 saturated carbocycles. The number of anilines is 1. The third-order valence-corrected chi connectivity index (χ3v) is 2.68. The van der Waals surface area contributed by atoms with Crippen molar-refractivity contribution >= 4 is 11.7 Å². The molecule has 0 spiro atoms. The Balaban J connectivity index is 2.15. The highest BCUT2D eigenvalue weighted by atomic mass is 16.5. The molecule has 1 N–H and O–H groups in total. The molecule has 0 heterocycles. The summed E-state index contributed by atoms with van der Waals surface area (Å²) < 4.78 is 5.14. The number of esters is 1. The van der Waals surface area contributed by atoms with Crippen LogP contribution >= 0.6 is 0 Å². The van der Waals surface area contributed by atoms with E-state index < -0.39 is 0 Å². The number of hydrogen-bond acceptors (Lipinski definition) is 3. The van der Waals surface area contributed by atoms with Gasteiger partial charge in [0.2, 0.25) is 0 Å². The molecule has 1 aromatic rings. The summed E-state index contributed by atoms with van der Waals surface area (Å²) in [6, 6.07) is 7.94. The minimum absolute atomic E-state index is 0.195. The fraction of sp³-hybridized carbons (Fsp3) is 0.533. The van der Waals surface area contributed by atoms with Gasteiger partial charge in [-0.1, -0.05) is 31.5 Å². The largest absolute Gasteiger partial charge is 0.464 e. The van der Waals surface area contributed by atoms with Crippen LogP contribution in [0.5, 0.6) is 0 Å². The lowest BCUT2D eigenvalue weighted by Gasteiger charge is -2.08. The van der Waals surface area contributed by atoms with E-state index >= 15 is 0 Å². The molecule has 3 nitrogen and oxygen atoms in total. The molecule has 0 aliphatic carbocycles. The zero-order valence-electron chi connectivity index (χ0n) is 11.5. The molecule has 0 fully saturated rings. The fourth-order valence-electron chi connectivity index (χ4n) is 1.57. The SMILES string of the molecule is Cc1ccc(NCC(=O)OCCCC(C)C)cc1. The lowest BCUT2D eigenvalue weighted by Crippen LogP contribution is -2.17. The minimum Gasteiger partial charge on any atom is -0.464 e. The van der Waals surface area contributed by atoms with Crippen LogP contribution in [0.2, 0.25) is 0 Å². The molecule has 0 amide bonds. The van der Waals surface area contributed by atoms with Crippen LogP contribution < -0.4 is 5.32 Å². The average molecular weight is 249 g/mol. The van der Waals surface area contributed by atoms with Gasteiger partial charge in [0.15, 0.2) is 0 Å². The summed E-state index contributed by atoms with van der Waals surface area (Å²) in [7, 11) is 0. The van der Waals surface area contributed by atoms with Crippen molar-refractivity contribution < 1.29 is 9.53 Å². The van der Waals surface area contributed by atoms with Crippen molar-refractivity contribution in [3.05, 3.63) is 29.8 Å². The summed E-state index contributed by atoms with van der Waals surface area (Å²) >= 11 is 0. The second-order valence-corrected chi connectivity index (χ2v) is 4.98. The molecule has 1 rings (SSSR count). The van der Waals surface area contributed by atoms with Crippen LogP contribution in [-0.2, 0) is 9.53 Å². The highest BCUT2D eigenvalue weighted by Gasteiger charge is 2.02. The summed E-state index contributed by atoms with van der Waals surface area (Å²) in [5.41, 5.74) is 2.15. The molecule has 0 aliphatic rings. The number of aryl methyl sites for hydroxylation is 1. The predicted molar refractivity (Wildman–Crippen MR) is 74.7 cm³/mol. The first-order valence-corrected chi connectivity index (χ1v) is 6.54. The third-order valence-electron chi connectivity index (χ3n) is 2.68. The maximum absolute atomic E-state index is 11.4. The quantitative estimate of drug-likeness (QED) is 0.594. The first-order chi connectivity index (χ1) is 8.58. The zero-order valence-corrected chi connectivity index (χ0v) is 11.5. The number of carbonyl (C=O) groups is 1. The topological polar surface area (TPSA) is 38.3 Å². The molecule has 100 valence electrons. The Morgan fingerprint density at radius 1 is 1.28 bits per heavy atom. The maximum Gasteiger partial charge on any atom is 0.325 e. The van der Waals surface area contributed by atoms with Crippen molar-refractivity contribution in [2.24, 2.45) is 5.92 Å². The van der Waals surface area contributed by atoms with E-state index in [1.54, 1.807) is 0 Å². The highest BCUT2D eigenvalue weighted by Crippen LogP contribution is 2.08. The number of carbonyl (C=O) groups excluding carboxylic acids is 1. The molecule has 0 radical (unpaired) electrons. The van der Waals surface area contributed by atoms with E-state index in [9.17, 15) is 4.79 Å². The molecule has 0 saturated heterocycles. The van der Waals surface area contributed by atoms with Gasteiger partial charge in [-0.2, -0.15) is 0 Å². The van der Waals surface area contributed by atoms with Crippen LogP contribution in [0.4, 0.5) is 5.69 Å². The Hall–Kier alpha value is -1.51. The molecule has 0 unspecified atom stereocenters. The lowest BCUT2D eigenvalue weighted by atomic mass is 10.1. The van der Waals surface area contributed by atoms with E-state index in [1.165, 1.54) is 5.56 Å². The molecular weight excluding hydrogens is 226 g/mol. The second-order valence-electron chi connectivity index (χ2n) is 4.98. The van der Waals surface area contributed by atoms with Gasteiger partial charge in [-0.3, -0.25) is 4.79 Å². The number of nitrogens with one attached hydrogen (secondary N) is 1. The Morgan fingerprint density at radius 3 is 2.56 bits per heavy atom. The maximum atomic E-state index is 11.4. The van der Waals surface area contributed by atoms with Crippen molar-refractivity contribution in [2.45, 2.75) is 33.6 Å². The van der Waals surface area contributed by atoms with E-state index in [4.69, 9.17) is 4.74 Å². The summed E-state index contributed by atoms with van der Waals surface area (Å²) in [4.78, 5) is 11.4. The average Bonchev–Trinajstić information content (AvgIpc) is 2.34. The van der Waals surface area contributed by atoms with E-state index in [-0.39, 0.29) is 12.5 Å².